The Bertz CT molecular complexity index is 684. The zero-order valence-electron chi connectivity index (χ0n) is 15.2. The molecule has 1 fully saturated rings. The number of esters is 1. The number of ether oxygens (including phenoxy) is 2. The first kappa shape index (κ1) is 18.4. The second-order valence-corrected chi connectivity index (χ2v) is 6.63. The summed E-state index contributed by atoms with van der Waals surface area (Å²) in [4.78, 5) is 16.1. The minimum Gasteiger partial charge on any atom is -0.493 e. The van der Waals surface area contributed by atoms with Gasteiger partial charge in [-0.2, -0.15) is 0 Å². The minimum atomic E-state index is -0.210. The molecule has 0 aliphatic heterocycles. The molecule has 3 rings (SSSR count). The molecule has 0 bridgehead atoms. The normalized spacial score (nSPS) is 14.7. The van der Waals surface area contributed by atoms with E-state index in [0.717, 1.165) is 29.4 Å². The number of benzene rings is 1. The van der Waals surface area contributed by atoms with E-state index in [2.05, 4.69) is 22.4 Å². The summed E-state index contributed by atoms with van der Waals surface area (Å²) < 4.78 is 10.9. The van der Waals surface area contributed by atoms with Crippen LogP contribution >= 0.6 is 0 Å². The van der Waals surface area contributed by atoms with Crippen LogP contribution in [0, 0.1) is 5.92 Å². The van der Waals surface area contributed by atoms with Crippen molar-refractivity contribution in [2.24, 2.45) is 5.92 Å². The van der Waals surface area contributed by atoms with Crippen molar-refractivity contribution in [1.29, 1.82) is 0 Å². The van der Waals surface area contributed by atoms with E-state index in [1.807, 2.05) is 31.2 Å². The topological polar surface area (TPSA) is 60.5 Å². The first-order chi connectivity index (χ1) is 12.7. The van der Waals surface area contributed by atoms with E-state index < -0.39 is 0 Å². The van der Waals surface area contributed by atoms with E-state index in [9.17, 15) is 4.79 Å². The van der Waals surface area contributed by atoms with Gasteiger partial charge in [0.25, 0.3) is 0 Å². The molecule has 1 aliphatic rings. The summed E-state index contributed by atoms with van der Waals surface area (Å²) in [5.41, 5.74) is 2.12. The quantitative estimate of drug-likeness (QED) is 0.660. The van der Waals surface area contributed by atoms with Gasteiger partial charge in [-0.05, 0) is 55.0 Å². The van der Waals surface area contributed by atoms with Crippen LogP contribution in [0.3, 0.4) is 0 Å². The number of hydrogen-bond acceptors (Lipinski definition) is 5. The lowest BCUT2D eigenvalue weighted by atomic mass is 10.1. The van der Waals surface area contributed by atoms with Crippen molar-refractivity contribution in [3.8, 4) is 5.75 Å². The average Bonchev–Trinajstić information content (AvgIpc) is 3.50. The smallest absolute Gasteiger partial charge is 0.307 e. The Morgan fingerprint density at radius 1 is 1.27 bits per heavy atom. The monoisotopic (exact) mass is 354 g/mol. The van der Waals surface area contributed by atoms with Crippen LogP contribution in [0.15, 0.2) is 48.8 Å². The Kier molecular flexibility index (Phi) is 6.61. The molecule has 26 heavy (non-hydrogen) atoms. The molecule has 0 spiro atoms. The predicted molar refractivity (Wildman–Crippen MR) is 99.7 cm³/mol. The Balaban J connectivity index is 1.56. The van der Waals surface area contributed by atoms with Crippen LogP contribution in [0.25, 0.3) is 0 Å². The molecule has 1 saturated carbocycles. The van der Waals surface area contributed by atoms with Gasteiger partial charge in [-0.25, -0.2) is 0 Å². The lowest BCUT2D eigenvalue weighted by Gasteiger charge is -2.18. The Morgan fingerprint density at radius 3 is 2.73 bits per heavy atom. The van der Waals surface area contributed by atoms with Gasteiger partial charge in [0.05, 0.1) is 19.6 Å². The van der Waals surface area contributed by atoms with Gasteiger partial charge < -0.3 is 14.8 Å². The molecule has 0 unspecified atom stereocenters. The molecule has 0 amide bonds. The van der Waals surface area contributed by atoms with Crippen molar-refractivity contribution >= 4 is 5.97 Å². The number of hydrogen-bond donors (Lipinski definition) is 1. The fraction of sp³-hybridized carbons (Fsp3) is 0.429. The molecule has 0 radical (unpaired) electrons. The minimum absolute atomic E-state index is 0.131. The van der Waals surface area contributed by atoms with Gasteiger partial charge in [0.15, 0.2) is 0 Å². The SMILES string of the molecule is CCOC(=O)C[C@H](NCc1ccc(OCC2CC2)cc1)c1cccnc1. The van der Waals surface area contributed by atoms with Crippen LogP contribution in [-0.2, 0) is 16.1 Å². The number of nitrogens with zero attached hydrogens (tertiary/aromatic N) is 1. The number of aromatic nitrogens is 1. The van der Waals surface area contributed by atoms with Crippen LogP contribution in [0.1, 0.15) is 43.4 Å². The fourth-order valence-corrected chi connectivity index (χ4v) is 2.72. The number of nitrogens with one attached hydrogen (secondary N) is 1. The summed E-state index contributed by atoms with van der Waals surface area (Å²) in [6.45, 7) is 3.68. The molecule has 0 saturated heterocycles. The Labute approximate surface area is 154 Å². The second kappa shape index (κ2) is 9.34. The highest BCUT2D eigenvalue weighted by Gasteiger charge is 2.21. The van der Waals surface area contributed by atoms with Crippen LogP contribution in [-0.4, -0.2) is 24.2 Å². The summed E-state index contributed by atoms with van der Waals surface area (Å²) in [7, 11) is 0. The molecule has 138 valence electrons. The lowest BCUT2D eigenvalue weighted by Crippen LogP contribution is -2.24. The van der Waals surface area contributed by atoms with E-state index in [-0.39, 0.29) is 18.4 Å². The van der Waals surface area contributed by atoms with Gasteiger partial charge in [-0.1, -0.05) is 18.2 Å². The molecule has 5 heteroatoms. The molecule has 1 aromatic carbocycles. The van der Waals surface area contributed by atoms with Gasteiger partial charge in [0.1, 0.15) is 5.75 Å². The first-order valence-corrected chi connectivity index (χ1v) is 9.25. The van der Waals surface area contributed by atoms with E-state index in [0.29, 0.717) is 13.2 Å². The zero-order chi connectivity index (χ0) is 18.2. The Hall–Kier alpha value is -2.40. The van der Waals surface area contributed by atoms with Crippen LogP contribution in [0.5, 0.6) is 5.75 Å². The maximum Gasteiger partial charge on any atom is 0.307 e. The lowest BCUT2D eigenvalue weighted by molar-refractivity contribution is -0.143. The van der Waals surface area contributed by atoms with Gasteiger partial charge >= 0.3 is 5.97 Å². The second-order valence-electron chi connectivity index (χ2n) is 6.63. The number of carbonyl (C=O) groups is 1. The maximum absolute atomic E-state index is 11.9. The summed E-state index contributed by atoms with van der Waals surface area (Å²) in [6.07, 6.45) is 6.37. The number of pyridine rings is 1. The van der Waals surface area contributed by atoms with Crippen molar-refractivity contribution < 1.29 is 14.3 Å². The summed E-state index contributed by atoms with van der Waals surface area (Å²) in [5.74, 6) is 1.45. The molecule has 1 aromatic heterocycles. The highest BCUT2D eigenvalue weighted by Crippen LogP contribution is 2.29. The summed E-state index contributed by atoms with van der Waals surface area (Å²) in [5, 5.41) is 3.44. The van der Waals surface area contributed by atoms with Crippen LogP contribution in [0.4, 0.5) is 0 Å². The van der Waals surface area contributed by atoms with Gasteiger partial charge in [0.2, 0.25) is 0 Å². The van der Waals surface area contributed by atoms with Gasteiger partial charge in [-0.15, -0.1) is 0 Å². The van der Waals surface area contributed by atoms with Gasteiger partial charge in [0, 0.05) is 25.0 Å². The third-order valence-corrected chi connectivity index (χ3v) is 4.42. The van der Waals surface area contributed by atoms with Gasteiger partial charge in [-0.3, -0.25) is 9.78 Å². The van der Waals surface area contributed by atoms with Crippen molar-refractivity contribution in [3.05, 3.63) is 59.9 Å². The molecule has 1 heterocycles. The predicted octanol–water partition coefficient (Wildman–Crippen LogP) is 3.65. The number of carbonyl (C=O) groups excluding carboxylic acids is 1. The maximum atomic E-state index is 11.9. The van der Waals surface area contributed by atoms with Crippen LogP contribution in [0.2, 0.25) is 0 Å². The van der Waals surface area contributed by atoms with Crippen molar-refractivity contribution in [3.63, 3.8) is 0 Å². The molecule has 2 aromatic rings. The van der Waals surface area contributed by atoms with Crippen molar-refractivity contribution in [2.75, 3.05) is 13.2 Å². The van der Waals surface area contributed by atoms with Crippen molar-refractivity contribution in [1.82, 2.24) is 10.3 Å². The third-order valence-electron chi connectivity index (χ3n) is 4.42. The number of rotatable bonds is 10. The van der Waals surface area contributed by atoms with E-state index in [4.69, 9.17) is 9.47 Å². The molecular formula is C21H26N2O3. The van der Waals surface area contributed by atoms with E-state index in [1.54, 1.807) is 12.4 Å². The van der Waals surface area contributed by atoms with E-state index >= 15 is 0 Å². The molecular weight excluding hydrogens is 328 g/mol. The molecule has 5 nitrogen and oxygen atoms in total. The average molecular weight is 354 g/mol. The third kappa shape index (κ3) is 5.85. The standard InChI is InChI=1S/C21H26N2O3/c1-2-25-21(24)12-20(18-4-3-11-22-14-18)23-13-16-7-9-19(10-8-16)26-15-17-5-6-17/h3-4,7-11,14,17,20,23H,2,5-6,12-13,15H2,1H3/t20-/m0/s1. The highest BCUT2D eigenvalue weighted by molar-refractivity contribution is 5.70. The highest BCUT2D eigenvalue weighted by atomic mass is 16.5. The zero-order valence-corrected chi connectivity index (χ0v) is 15.2. The van der Waals surface area contributed by atoms with Crippen LogP contribution < -0.4 is 10.1 Å². The fourth-order valence-electron chi connectivity index (χ4n) is 2.72. The summed E-state index contributed by atoms with van der Waals surface area (Å²) >= 11 is 0. The first-order valence-electron chi connectivity index (χ1n) is 9.25. The molecule has 1 N–H and O–H groups in total. The molecule has 1 atom stereocenters. The van der Waals surface area contributed by atoms with E-state index in [1.165, 1.54) is 12.8 Å². The summed E-state index contributed by atoms with van der Waals surface area (Å²) in [6, 6.07) is 11.8. The largest absolute Gasteiger partial charge is 0.493 e. The molecule has 1 aliphatic carbocycles. The van der Waals surface area contributed by atoms with Crippen molar-refractivity contribution in [2.45, 2.75) is 38.8 Å². The Morgan fingerprint density at radius 2 is 2.08 bits per heavy atom.